The van der Waals surface area contributed by atoms with Crippen molar-refractivity contribution in [3.8, 4) is 0 Å². The van der Waals surface area contributed by atoms with Gasteiger partial charge in [0.25, 0.3) is 0 Å². The lowest BCUT2D eigenvalue weighted by atomic mass is 10.0. The highest BCUT2D eigenvalue weighted by molar-refractivity contribution is 7.91. The largest absolute Gasteiger partial charge is 0.396 e. The molecule has 5 nitrogen and oxygen atoms in total. The molecular weight excluding hydrogens is 338 g/mol. The highest BCUT2D eigenvalue weighted by Gasteiger charge is 2.27. The van der Waals surface area contributed by atoms with E-state index in [1.54, 1.807) is 12.1 Å². The molecule has 1 heterocycles. The Morgan fingerprint density at radius 1 is 1.25 bits per heavy atom. The van der Waals surface area contributed by atoms with E-state index in [0.717, 1.165) is 44.6 Å². The Balaban J connectivity index is 1.95. The summed E-state index contributed by atoms with van der Waals surface area (Å²) in [6.45, 7) is 2.71. The molecule has 0 aromatic heterocycles. The molecule has 136 valence electrons. The van der Waals surface area contributed by atoms with E-state index in [1.807, 2.05) is 0 Å². The molecule has 24 heavy (non-hydrogen) atoms. The smallest absolute Gasteiger partial charge is 0.341 e. The van der Waals surface area contributed by atoms with E-state index < -0.39 is 15.6 Å². The van der Waals surface area contributed by atoms with Crippen molar-refractivity contribution < 1.29 is 22.3 Å². The van der Waals surface area contributed by atoms with Gasteiger partial charge in [-0.2, -0.15) is 8.78 Å². The molecule has 1 aromatic rings. The summed E-state index contributed by atoms with van der Waals surface area (Å²) >= 11 is 0. The molecule has 0 atom stereocenters. The Labute approximate surface area is 141 Å². The van der Waals surface area contributed by atoms with Crippen LogP contribution in [0.15, 0.2) is 29.2 Å². The number of alkyl halides is 2. The normalized spacial score (nSPS) is 17.0. The van der Waals surface area contributed by atoms with Crippen LogP contribution in [0.25, 0.3) is 0 Å². The zero-order valence-electron chi connectivity index (χ0n) is 13.7. The number of piperidine rings is 1. The Morgan fingerprint density at radius 3 is 2.33 bits per heavy atom. The molecule has 0 saturated carbocycles. The van der Waals surface area contributed by atoms with Crippen LogP contribution in [0.5, 0.6) is 0 Å². The summed E-state index contributed by atoms with van der Waals surface area (Å²) < 4.78 is 48.0. The Kier molecular flexibility index (Phi) is 6.54. The van der Waals surface area contributed by atoms with Gasteiger partial charge < -0.3 is 14.9 Å². The van der Waals surface area contributed by atoms with Crippen molar-refractivity contribution in [1.82, 2.24) is 4.90 Å². The quantitative estimate of drug-likeness (QED) is 0.804. The Morgan fingerprint density at radius 2 is 1.83 bits per heavy atom. The standard InChI is InChI=1S/C16H24F2N2O3S/c1-19(9-2-12-21)13-7-10-20(11-8-13)14-3-5-15(6-4-14)24(22,23)16(17)18/h3-6,13,16,21H,2,7-12H2,1H3. The van der Waals surface area contributed by atoms with Gasteiger partial charge >= 0.3 is 5.76 Å². The van der Waals surface area contributed by atoms with Crippen molar-refractivity contribution in [3.05, 3.63) is 24.3 Å². The van der Waals surface area contributed by atoms with E-state index in [9.17, 15) is 17.2 Å². The Hall–Kier alpha value is -1.25. The number of rotatable bonds is 7. The summed E-state index contributed by atoms with van der Waals surface area (Å²) in [5.41, 5.74) is 0.847. The van der Waals surface area contributed by atoms with Crippen LogP contribution in [-0.2, 0) is 9.84 Å². The van der Waals surface area contributed by atoms with Gasteiger partial charge in [0.15, 0.2) is 0 Å². The van der Waals surface area contributed by atoms with Gasteiger partial charge in [0.05, 0.1) is 4.90 Å². The molecule has 0 aliphatic carbocycles. The minimum absolute atomic E-state index is 0.192. The fraction of sp³-hybridized carbons (Fsp3) is 0.625. The number of anilines is 1. The molecule has 0 bridgehead atoms. The van der Waals surface area contributed by atoms with Gasteiger partial charge in [-0.1, -0.05) is 0 Å². The van der Waals surface area contributed by atoms with Gasteiger partial charge in [0, 0.05) is 38.0 Å². The first kappa shape index (κ1) is 19.1. The van der Waals surface area contributed by atoms with Crippen LogP contribution < -0.4 is 4.90 Å². The molecule has 1 saturated heterocycles. The lowest BCUT2D eigenvalue weighted by Crippen LogP contribution is -2.43. The second kappa shape index (κ2) is 8.22. The molecular formula is C16H24F2N2O3S. The van der Waals surface area contributed by atoms with Crippen molar-refractivity contribution in [3.63, 3.8) is 0 Å². The van der Waals surface area contributed by atoms with E-state index in [0.29, 0.717) is 6.04 Å². The molecule has 0 unspecified atom stereocenters. The number of hydrogen-bond donors (Lipinski definition) is 1. The fourth-order valence-corrected chi connectivity index (χ4v) is 3.74. The molecule has 0 radical (unpaired) electrons. The maximum atomic E-state index is 12.5. The predicted octanol–water partition coefficient (Wildman–Crippen LogP) is 1.97. The molecule has 0 spiro atoms. The molecule has 1 aliphatic rings. The van der Waals surface area contributed by atoms with Gasteiger partial charge in [0.2, 0.25) is 9.84 Å². The zero-order chi connectivity index (χ0) is 17.7. The second-order valence-electron chi connectivity index (χ2n) is 6.08. The number of nitrogens with zero attached hydrogens (tertiary/aromatic N) is 2. The van der Waals surface area contributed by atoms with E-state index >= 15 is 0 Å². The van der Waals surface area contributed by atoms with Crippen LogP contribution in [0, 0.1) is 0 Å². The van der Waals surface area contributed by atoms with Gasteiger partial charge in [-0.3, -0.25) is 0 Å². The van der Waals surface area contributed by atoms with Crippen LogP contribution in [0.3, 0.4) is 0 Å². The summed E-state index contributed by atoms with van der Waals surface area (Å²) in [5.74, 6) is -3.39. The van der Waals surface area contributed by atoms with Crippen LogP contribution in [0.4, 0.5) is 14.5 Å². The molecule has 1 N–H and O–H groups in total. The monoisotopic (exact) mass is 362 g/mol. The van der Waals surface area contributed by atoms with Crippen molar-refractivity contribution in [2.45, 2.75) is 36.0 Å². The third-order valence-electron chi connectivity index (χ3n) is 4.52. The average Bonchev–Trinajstić information content (AvgIpc) is 2.59. The lowest BCUT2D eigenvalue weighted by molar-refractivity contribution is 0.184. The van der Waals surface area contributed by atoms with E-state index in [1.165, 1.54) is 12.1 Å². The number of halogens is 2. The minimum atomic E-state index is -4.53. The molecule has 1 fully saturated rings. The maximum Gasteiger partial charge on any atom is 0.341 e. The van der Waals surface area contributed by atoms with Crippen LogP contribution >= 0.6 is 0 Å². The number of aliphatic hydroxyl groups is 1. The zero-order valence-corrected chi connectivity index (χ0v) is 14.6. The summed E-state index contributed by atoms with van der Waals surface area (Å²) in [6.07, 6.45) is 2.70. The minimum Gasteiger partial charge on any atom is -0.396 e. The van der Waals surface area contributed by atoms with Gasteiger partial charge in [-0.05, 0) is 50.6 Å². The fourth-order valence-electron chi connectivity index (χ4n) is 3.02. The molecule has 2 rings (SSSR count). The van der Waals surface area contributed by atoms with E-state index in [-0.39, 0.29) is 11.5 Å². The van der Waals surface area contributed by atoms with Crippen molar-refractivity contribution in [1.29, 1.82) is 0 Å². The summed E-state index contributed by atoms with van der Waals surface area (Å²) in [4.78, 5) is 4.04. The van der Waals surface area contributed by atoms with E-state index in [2.05, 4.69) is 16.8 Å². The van der Waals surface area contributed by atoms with Crippen LogP contribution in [0.1, 0.15) is 19.3 Å². The van der Waals surface area contributed by atoms with E-state index in [4.69, 9.17) is 5.11 Å². The number of sulfone groups is 1. The number of benzene rings is 1. The molecule has 1 aliphatic heterocycles. The first-order chi connectivity index (χ1) is 11.4. The topological polar surface area (TPSA) is 60.9 Å². The van der Waals surface area contributed by atoms with Crippen molar-refractivity contribution in [2.75, 3.05) is 38.2 Å². The molecule has 0 amide bonds. The summed E-state index contributed by atoms with van der Waals surface area (Å²) in [6, 6.07) is 6.13. The third-order valence-corrected chi connectivity index (χ3v) is 5.92. The first-order valence-corrected chi connectivity index (χ1v) is 9.59. The van der Waals surface area contributed by atoms with Crippen molar-refractivity contribution >= 4 is 15.5 Å². The number of hydrogen-bond acceptors (Lipinski definition) is 5. The number of aliphatic hydroxyl groups excluding tert-OH is 1. The highest BCUT2D eigenvalue weighted by atomic mass is 32.2. The SMILES string of the molecule is CN(CCCO)C1CCN(c2ccc(S(=O)(=O)C(F)F)cc2)CC1. The van der Waals surface area contributed by atoms with Gasteiger partial charge in [0.1, 0.15) is 0 Å². The summed E-state index contributed by atoms with van der Waals surface area (Å²) in [5, 5.41) is 8.89. The first-order valence-electron chi connectivity index (χ1n) is 8.04. The highest BCUT2D eigenvalue weighted by Crippen LogP contribution is 2.25. The maximum absolute atomic E-state index is 12.5. The predicted molar refractivity (Wildman–Crippen MR) is 89.2 cm³/mol. The van der Waals surface area contributed by atoms with Crippen LogP contribution in [0.2, 0.25) is 0 Å². The van der Waals surface area contributed by atoms with Crippen LogP contribution in [-0.4, -0.2) is 63.5 Å². The van der Waals surface area contributed by atoms with Gasteiger partial charge in [-0.15, -0.1) is 0 Å². The average molecular weight is 362 g/mol. The molecule has 8 heteroatoms. The second-order valence-corrected chi connectivity index (χ2v) is 7.99. The Bertz CT molecular complexity index is 615. The van der Waals surface area contributed by atoms with Gasteiger partial charge in [-0.25, -0.2) is 8.42 Å². The third kappa shape index (κ3) is 4.43. The molecule has 1 aromatic carbocycles. The summed E-state index contributed by atoms with van der Waals surface area (Å²) in [7, 11) is -2.48. The van der Waals surface area contributed by atoms with Crippen molar-refractivity contribution in [2.24, 2.45) is 0 Å². The lowest BCUT2D eigenvalue weighted by Gasteiger charge is -2.38.